The van der Waals surface area contributed by atoms with E-state index in [1.165, 1.54) is 5.56 Å². The van der Waals surface area contributed by atoms with Crippen molar-refractivity contribution in [2.24, 2.45) is 0 Å². The van der Waals surface area contributed by atoms with Crippen LogP contribution in [0.3, 0.4) is 0 Å². The molecule has 0 aromatic heterocycles. The highest BCUT2D eigenvalue weighted by Crippen LogP contribution is 2.31. The van der Waals surface area contributed by atoms with Gasteiger partial charge in [-0.3, -0.25) is 0 Å². The van der Waals surface area contributed by atoms with Crippen molar-refractivity contribution in [3.63, 3.8) is 0 Å². The molecule has 1 N–H and O–H groups in total. The summed E-state index contributed by atoms with van der Waals surface area (Å²) in [6.45, 7) is 6.99. The predicted molar refractivity (Wildman–Crippen MR) is 81.2 cm³/mol. The molecule has 0 radical (unpaired) electrons. The lowest BCUT2D eigenvalue weighted by atomic mass is 10.0. The second-order valence-corrected chi connectivity index (χ2v) is 5.17. The molecule has 1 aromatic rings. The van der Waals surface area contributed by atoms with Gasteiger partial charge in [-0.2, -0.15) is 0 Å². The van der Waals surface area contributed by atoms with Gasteiger partial charge in [-0.05, 0) is 37.9 Å². The molecule has 0 heterocycles. The smallest absolute Gasteiger partial charge is 0.124 e. The fraction of sp³-hybridized carbons (Fsp3) is 0.467. The maximum absolute atomic E-state index is 5.47. The van der Waals surface area contributed by atoms with Gasteiger partial charge < -0.3 is 10.1 Å². The van der Waals surface area contributed by atoms with Crippen LogP contribution in [0.2, 0.25) is 0 Å². The van der Waals surface area contributed by atoms with E-state index in [4.69, 9.17) is 4.74 Å². The van der Waals surface area contributed by atoms with Crippen molar-refractivity contribution in [3.8, 4) is 5.75 Å². The van der Waals surface area contributed by atoms with E-state index in [9.17, 15) is 0 Å². The molecule has 0 aliphatic carbocycles. The third-order valence-electron chi connectivity index (χ3n) is 2.87. The minimum atomic E-state index is 0.325. The molecule has 100 valence electrons. The molecule has 1 atom stereocenters. The highest BCUT2D eigenvalue weighted by atomic mass is 79.9. The van der Waals surface area contributed by atoms with Gasteiger partial charge in [0.1, 0.15) is 5.75 Å². The molecule has 0 fully saturated rings. The van der Waals surface area contributed by atoms with Crippen LogP contribution in [0.5, 0.6) is 5.75 Å². The monoisotopic (exact) mass is 311 g/mol. The standard InChI is InChI=1S/C15H22BrNO/c1-4-6-7-14(17-10-5-2)13-9-8-12(16)11-15(13)18-3/h4,8-9,11,14,17H,1,5-7,10H2,2-3H3. The predicted octanol–water partition coefficient (Wildman–Crippen LogP) is 4.46. The Morgan fingerprint density at radius 3 is 2.89 bits per heavy atom. The largest absolute Gasteiger partial charge is 0.496 e. The summed E-state index contributed by atoms with van der Waals surface area (Å²) >= 11 is 3.47. The zero-order valence-electron chi connectivity index (χ0n) is 11.2. The molecule has 2 nitrogen and oxygen atoms in total. The Morgan fingerprint density at radius 2 is 2.28 bits per heavy atom. The van der Waals surface area contributed by atoms with Crippen LogP contribution in [0.4, 0.5) is 0 Å². The highest BCUT2D eigenvalue weighted by molar-refractivity contribution is 9.10. The molecule has 0 aliphatic rings. The minimum absolute atomic E-state index is 0.325. The Hall–Kier alpha value is -0.800. The quantitative estimate of drug-likeness (QED) is 0.715. The number of ether oxygens (including phenoxy) is 1. The average molecular weight is 312 g/mol. The second-order valence-electron chi connectivity index (χ2n) is 4.26. The third kappa shape index (κ3) is 4.46. The molecule has 3 heteroatoms. The fourth-order valence-corrected chi connectivity index (χ4v) is 2.28. The second kappa shape index (κ2) is 8.33. The number of halogens is 1. The van der Waals surface area contributed by atoms with Gasteiger partial charge in [-0.1, -0.05) is 35.0 Å². The van der Waals surface area contributed by atoms with Crippen molar-refractivity contribution in [2.45, 2.75) is 32.2 Å². The Bertz CT molecular complexity index is 379. The van der Waals surface area contributed by atoms with Gasteiger partial charge in [0.25, 0.3) is 0 Å². The molecule has 1 aromatic carbocycles. The lowest BCUT2D eigenvalue weighted by Gasteiger charge is -2.21. The van der Waals surface area contributed by atoms with Crippen LogP contribution in [0, 0.1) is 0 Å². The van der Waals surface area contributed by atoms with E-state index in [0.29, 0.717) is 6.04 Å². The summed E-state index contributed by atoms with van der Waals surface area (Å²) < 4.78 is 6.51. The third-order valence-corrected chi connectivity index (χ3v) is 3.36. The van der Waals surface area contributed by atoms with Crippen molar-refractivity contribution < 1.29 is 4.74 Å². The molecule has 18 heavy (non-hydrogen) atoms. The Kier molecular flexibility index (Phi) is 7.06. The lowest BCUT2D eigenvalue weighted by Crippen LogP contribution is -2.22. The number of nitrogens with one attached hydrogen (secondary N) is 1. The number of hydrogen-bond donors (Lipinski definition) is 1. The van der Waals surface area contributed by atoms with E-state index in [1.807, 2.05) is 12.1 Å². The summed E-state index contributed by atoms with van der Waals surface area (Å²) in [5, 5.41) is 3.57. The van der Waals surface area contributed by atoms with Crippen LogP contribution >= 0.6 is 15.9 Å². The topological polar surface area (TPSA) is 21.3 Å². The van der Waals surface area contributed by atoms with E-state index >= 15 is 0 Å². The summed E-state index contributed by atoms with van der Waals surface area (Å²) in [5.41, 5.74) is 1.22. The summed E-state index contributed by atoms with van der Waals surface area (Å²) in [4.78, 5) is 0. The van der Waals surface area contributed by atoms with Gasteiger partial charge in [0, 0.05) is 16.1 Å². The van der Waals surface area contributed by atoms with Crippen LogP contribution in [-0.4, -0.2) is 13.7 Å². The highest BCUT2D eigenvalue weighted by Gasteiger charge is 2.14. The van der Waals surface area contributed by atoms with Crippen molar-refractivity contribution in [1.82, 2.24) is 5.32 Å². The number of benzene rings is 1. The first-order chi connectivity index (χ1) is 8.72. The first-order valence-electron chi connectivity index (χ1n) is 6.40. The van der Waals surface area contributed by atoms with Gasteiger partial charge in [0.15, 0.2) is 0 Å². The van der Waals surface area contributed by atoms with Crippen LogP contribution < -0.4 is 10.1 Å². The summed E-state index contributed by atoms with van der Waals surface area (Å²) in [6.07, 6.45) is 5.14. The number of allylic oxidation sites excluding steroid dienone is 1. The fourth-order valence-electron chi connectivity index (χ4n) is 1.94. The molecule has 0 spiro atoms. The molecule has 0 bridgehead atoms. The number of hydrogen-bond acceptors (Lipinski definition) is 2. The van der Waals surface area contributed by atoms with E-state index in [1.54, 1.807) is 7.11 Å². The summed E-state index contributed by atoms with van der Waals surface area (Å²) in [6, 6.07) is 6.53. The van der Waals surface area contributed by atoms with Crippen LogP contribution in [0.1, 0.15) is 37.8 Å². The van der Waals surface area contributed by atoms with Crippen LogP contribution in [-0.2, 0) is 0 Å². The van der Waals surface area contributed by atoms with E-state index in [-0.39, 0.29) is 0 Å². The molecule has 0 saturated heterocycles. The SMILES string of the molecule is C=CCCC(NCCC)c1ccc(Br)cc1OC. The molecule has 0 amide bonds. The van der Waals surface area contributed by atoms with Gasteiger partial charge in [-0.25, -0.2) is 0 Å². The molecule has 0 saturated carbocycles. The summed E-state index contributed by atoms with van der Waals surface area (Å²) in [5.74, 6) is 0.932. The molecule has 1 rings (SSSR count). The van der Waals surface area contributed by atoms with Crippen molar-refractivity contribution >= 4 is 15.9 Å². The first-order valence-corrected chi connectivity index (χ1v) is 7.20. The normalized spacial score (nSPS) is 12.2. The Labute approximate surface area is 119 Å². The molecular weight excluding hydrogens is 290 g/mol. The Morgan fingerprint density at radius 1 is 1.50 bits per heavy atom. The van der Waals surface area contributed by atoms with E-state index in [2.05, 4.69) is 46.9 Å². The number of rotatable bonds is 8. The molecular formula is C15H22BrNO. The molecule has 0 aliphatic heterocycles. The van der Waals surface area contributed by atoms with Crippen molar-refractivity contribution in [1.29, 1.82) is 0 Å². The Balaban J connectivity index is 2.91. The van der Waals surface area contributed by atoms with Crippen molar-refractivity contribution in [2.75, 3.05) is 13.7 Å². The van der Waals surface area contributed by atoms with Gasteiger partial charge >= 0.3 is 0 Å². The maximum Gasteiger partial charge on any atom is 0.124 e. The maximum atomic E-state index is 5.47. The van der Waals surface area contributed by atoms with Crippen LogP contribution in [0.25, 0.3) is 0 Å². The zero-order chi connectivity index (χ0) is 13.4. The van der Waals surface area contributed by atoms with Crippen LogP contribution in [0.15, 0.2) is 35.3 Å². The average Bonchev–Trinajstić information content (AvgIpc) is 2.39. The summed E-state index contributed by atoms with van der Waals surface area (Å²) in [7, 11) is 1.72. The first kappa shape index (κ1) is 15.3. The minimum Gasteiger partial charge on any atom is -0.496 e. The van der Waals surface area contributed by atoms with Gasteiger partial charge in [0.2, 0.25) is 0 Å². The van der Waals surface area contributed by atoms with Gasteiger partial charge in [-0.15, -0.1) is 6.58 Å². The van der Waals surface area contributed by atoms with E-state index < -0.39 is 0 Å². The number of methoxy groups -OCH3 is 1. The zero-order valence-corrected chi connectivity index (χ0v) is 12.8. The molecule has 1 unspecified atom stereocenters. The lowest BCUT2D eigenvalue weighted by molar-refractivity contribution is 0.395. The van der Waals surface area contributed by atoms with Gasteiger partial charge in [0.05, 0.1) is 7.11 Å². The van der Waals surface area contributed by atoms with E-state index in [0.717, 1.165) is 36.0 Å². The van der Waals surface area contributed by atoms with Crippen molar-refractivity contribution in [3.05, 3.63) is 40.9 Å².